The summed E-state index contributed by atoms with van der Waals surface area (Å²) in [7, 11) is 0. The third kappa shape index (κ3) is 4.99. The summed E-state index contributed by atoms with van der Waals surface area (Å²) in [5.74, 6) is 0.0862. The second-order valence-corrected chi connectivity index (χ2v) is 5.32. The molecule has 1 saturated heterocycles. The van der Waals surface area contributed by atoms with E-state index in [1.165, 1.54) is 0 Å². The van der Waals surface area contributed by atoms with Crippen LogP contribution in [0, 0.1) is 0 Å². The fraction of sp³-hybridized carbons (Fsp3) is 0.846. The van der Waals surface area contributed by atoms with Gasteiger partial charge < -0.3 is 15.5 Å². The van der Waals surface area contributed by atoms with E-state index < -0.39 is 5.54 Å². The van der Waals surface area contributed by atoms with E-state index in [9.17, 15) is 9.59 Å². The molecule has 0 saturated carbocycles. The summed E-state index contributed by atoms with van der Waals surface area (Å²) in [6.07, 6.45) is 2.42. The molecule has 112 valence electrons. The van der Waals surface area contributed by atoms with Crippen molar-refractivity contribution in [2.24, 2.45) is 5.73 Å². The number of nitrogens with two attached hydrogens (primary N) is 1. The number of hydrogen-bond donors (Lipinski definition) is 1. The first-order valence-corrected chi connectivity index (χ1v) is 6.72. The van der Waals surface area contributed by atoms with Crippen LogP contribution in [-0.4, -0.2) is 53.3 Å². The van der Waals surface area contributed by atoms with E-state index in [4.69, 9.17) is 5.73 Å². The fourth-order valence-electron chi connectivity index (χ4n) is 2.42. The van der Waals surface area contributed by atoms with Gasteiger partial charge in [0, 0.05) is 33.1 Å². The van der Waals surface area contributed by atoms with Crippen LogP contribution in [0.3, 0.4) is 0 Å². The molecule has 6 heteroatoms. The van der Waals surface area contributed by atoms with Gasteiger partial charge in [0.1, 0.15) is 0 Å². The van der Waals surface area contributed by atoms with Crippen LogP contribution < -0.4 is 5.73 Å². The van der Waals surface area contributed by atoms with Crippen LogP contribution in [-0.2, 0) is 9.59 Å². The molecule has 2 amide bonds. The first-order chi connectivity index (χ1) is 8.38. The van der Waals surface area contributed by atoms with Gasteiger partial charge in [-0.3, -0.25) is 9.59 Å². The van der Waals surface area contributed by atoms with E-state index in [-0.39, 0.29) is 24.2 Å². The lowest BCUT2D eigenvalue weighted by molar-refractivity contribution is -0.137. The summed E-state index contributed by atoms with van der Waals surface area (Å²) in [5.41, 5.74) is 5.30. The van der Waals surface area contributed by atoms with Gasteiger partial charge in [0.15, 0.2) is 0 Å². The van der Waals surface area contributed by atoms with E-state index in [1.807, 2.05) is 6.92 Å². The third-order valence-electron chi connectivity index (χ3n) is 3.49. The second-order valence-electron chi connectivity index (χ2n) is 5.32. The molecular formula is C13H26ClN3O2. The lowest BCUT2D eigenvalue weighted by Crippen LogP contribution is -2.54. The van der Waals surface area contributed by atoms with Crippen molar-refractivity contribution >= 4 is 24.2 Å². The van der Waals surface area contributed by atoms with Crippen molar-refractivity contribution in [2.75, 3.05) is 26.2 Å². The lowest BCUT2D eigenvalue weighted by atomic mass is 9.95. The monoisotopic (exact) mass is 291 g/mol. The quantitative estimate of drug-likeness (QED) is 0.844. The van der Waals surface area contributed by atoms with Crippen LogP contribution in [0.4, 0.5) is 0 Å². The first-order valence-electron chi connectivity index (χ1n) is 6.72. The maximum atomic E-state index is 12.3. The van der Waals surface area contributed by atoms with Crippen LogP contribution in [0.2, 0.25) is 0 Å². The summed E-state index contributed by atoms with van der Waals surface area (Å²) in [4.78, 5) is 27.3. The number of nitrogens with zero attached hydrogens (tertiary/aromatic N) is 2. The standard InChI is InChI=1S/C13H25N3O2.ClH/c1-4-6-13(3,14)12(18)16-8-5-7-15(9-10-16)11(2)17;/h4-10,14H2,1-3H3;1H. The van der Waals surface area contributed by atoms with E-state index >= 15 is 0 Å². The molecule has 1 fully saturated rings. The summed E-state index contributed by atoms with van der Waals surface area (Å²) in [5, 5.41) is 0. The molecule has 0 aromatic rings. The molecule has 1 aliphatic rings. The third-order valence-corrected chi connectivity index (χ3v) is 3.49. The smallest absolute Gasteiger partial charge is 0.242 e. The fourth-order valence-corrected chi connectivity index (χ4v) is 2.42. The Morgan fingerprint density at radius 2 is 1.68 bits per heavy atom. The summed E-state index contributed by atoms with van der Waals surface area (Å²) in [6, 6.07) is 0. The molecule has 1 aliphatic heterocycles. The normalized spacial score (nSPS) is 19.2. The van der Waals surface area contributed by atoms with Crippen LogP contribution in [0.5, 0.6) is 0 Å². The highest BCUT2D eigenvalue weighted by molar-refractivity contribution is 5.86. The number of rotatable bonds is 3. The van der Waals surface area contributed by atoms with Crippen molar-refractivity contribution in [3.63, 3.8) is 0 Å². The second kappa shape index (κ2) is 7.70. The molecule has 19 heavy (non-hydrogen) atoms. The molecule has 1 rings (SSSR count). The highest BCUT2D eigenvalue weighted by Crippen LogP contribution is 2.14. The van der Waals surface area contributed by atoms with E-state index in [2.05, 4.69) is 0 Å². The van der Waals surface area contributed by atoms with Gasteiger partial charge in [-0.05, 0) is 19.8 Å². The summed E-state index contributed by atoms with van der Waals surface area (Å²) < 4.78 is 0. The zero-order valence-corrected chi connectivity index (χ0v) is 13.0. The molecule has 1 heterocycles. The molecule has 0 radical (unpaired) electrons. The van der Waals surface area contributed by atoms with Crippen LogP contribution in [0.25, 0.3) is 0 Å². The maximum Gasteiger partial charge on any atom is 0.242 e. The average Bonchev–Trinajstić information content (AvgIpc) is 2.53. The van der Waals surface area contributed by atoms with Gasteiger partial charge >= 0.3 is 0 Å². The molecule has 1 atom stereocenters. The van der Waals surface area contributed by atoms with E-state index in [0.29, 0.717) is 26.1 Å². The van der Waals surface area contributed by atoms with Crippen molar-refractivity contribution in [3.05, 3.63) is 0 Å². The maximum absolute atomic E-state index is 12.3. The molecule has 0 bridgehead atoms. The van der Waals surface area contributed by atoms with Crippen molar-refractivity contribution in [2.45, 2.75) is 45.6 Å². The minimum absolute atomic E-state index is 0. The number of carbonyl (C=O) groups excluding carboxylic acids is 2. The van der Waals surface area contributed by atoms with Crippen molar-refractivity contribution in [1.82, 2.24) is 9.80 Å². The number of hydrogen-bond acceptors (Lipinski definition) is 3. The number of halogens is 1. The topological polar surface area (TPSA) is 66.6 Å². The molecule has 5 nitrogen and oxygen atoms in total. The van der Waals surface area contributed by atoms with E-state index in [0.717, 1.165) is 19.4 Å². The number of amides is 2. The predicted octanol–water partition coefficient (Wildman–Crippen LogP) is 1.01. The Bertz CT molecular complexity index is 321. The summed E-state index contributed by atoms with van der Waals surface area (Å²) >= 11 is 0. The molecule has 1 unspecified atom stereocenters. The molecule has 0 aromatic heterocycles. The molecular weight excluding hydrogens is 266 g/mol. The minimum atomic E-state index is -0.778. The van der Waals surface area contributed by atoms with Gasteiger partial charge in [0.25, 0.3) is 0 Å². The number of carbonyl (C=O) groups is 2. The van der Waals surface area contributed by atoms with Gasteiger partial charge in [-0.2, -0.15) is 0 Å². The van der Waals surface area contributed by atoms with Crippen molar-refractivity contribution < 1.29 is 9.59 Å². The largest absolute Gasteiger partial charge is 0.341 e. The van der Waals surface area contributed by atoms with E-state index in [1.54, 1.807) is 23.6 Å². The van der Waals surface area contributed by atoms with Crippen LogP contribution >= 0.6 is 12.4 Å². The Labute approximate surface area is 121 Å². The zero-order chi connectivity index (χ0) is 13.8. The molecule has 0 spiro atoms. The van der Waals surface area contributed by atoms with Gasteiger partial charge in [-0.15, -0.1) is 12.4 Å². The lowest BCUT2D eigenvalue weighted by Gasteiger charge is -2.30. The minimum Gasteiger partial charge on any atom is -0.341 e. The van der Waals surface area contributed by atoms with Crippen LogP contribution in [0.15, 0.2) is 0 Å². The Kier molecular flexibility index (Phi) is 7.37. The van der Waals surface area contributed by atoms with Gasteiger partial charge in [0.05, 0.1) is 5.54 Å². The van der Waals surface area contributed by atoms with Crippen molar-refractivity contribution in [1.29, 1.82) is 0 Å². The zero-order valence-electron chi connectivity index (χ0n) is 12.1. The Morgan fingerprint density at radius 3 is 2.21 bits per heavy atom. The Morgan fingerprint density at radius 1 is 1.16 bits per heavy atom. The summed E-state index contributed by atoms with van der Waals surface area (Å²) in [6.45, 7) is 8.03. The van der Waals surface area contributed by atoms with Gasteiger partial charge in [-0.1, -0.05) is 13.3 Å². The SMILES string of the molecule is CCCC(C)(N)C(=O)N1CCCN(C(C)=O)CC1.Cl. The highest BCUT2D eigenvalue weighted by atomic mass is 35.5. The molecule has 0 aliphatic carbocycles. The Balaban J connectivity index is 0.00000324. The van der Waals surface area contributed by atoms with Crippen LogP contribution in [0.1, 0.15) is 40.0 Å². The molecule has 2 N–H and O–H groups in total. The highest BCUT2D eigenvalue weighted by Gasteiger charge is 2.32. The Hall–Kier alpha value is -0.810. The van der Waals surface area contributed by atoms with Crippen molar-refractivity contribution in [3.8, 4) is 0 Å². The molecule has 0 aromatic carbocycles. The van der Waals surface area contributed by atoms with Gasteiger partial charge in [0.2, 0.25) is 11.8 Å². The van der Waals surface area contributed by atoms with Gasteiger partial charge in [-0.25, -0.2) is 0 Å². The predicted molar refractivity (Wildman–Crippen MR) is 78.2 cm³/mol. The first kappa shape index (κ1) is 18.2. The average molecular weight is 292 g/mol.